The average molecular weight is 323 g/mol. The number of amides is 1. The van der Waals surface area contributed by atoms with E-state index in [1.807, 2.05) is 31.2 Å². The van der Waals surface area contributed by atoms with Gasteiger partial charge in [-0.2, -0.15) is 0 Å². The maximum Gasteiger partial charge on any atom is 0.408 e. The van der Waals surface area contributed by atoms with Crippen LogP contribution in [0.4, 0.5) is 4.79 Å². The third-order valence-corrected chi connectivity index (χ3v) is 2.99. The number of hydrogen-bond donors (Lipinski definition) is 2. The molecule has 0 saturated heterocycles. The SMILES string of the molecule is CCOCc1ccccc1C[C@@H](NC(=O)OC(C)(C)C)C(=O)O. The molecule has 1 rings (SSSR count). The van der Waals surface area contributed by atoms with E-state index >= 15 is 0 Å². The summed E-state index contributed by atoms with van der Waals surface area (Å²) in [6.45, 7) is 8.05. The van der Waals surface area contributed by atoms with Crippen molar-refractivity contribution in [1.29, 1.82) is 0 Å². The molecule has 0 radical (unpaired) electrons. The molecule has 0 aliphatic heterocycles. The highest BCUT2D eigenvalue weighted by Gasteiger charge is 2.24. The summed E-state index contributed by atoms with van der Waals surface area (Å²) in [6, 6.07) is 6.36. The van der Waals surface area contributed by atoms with E-state index in [9.17, 15) is 14.7 Å². The van der Waals surface area contributed by atoms with E-state index in [-0.39, 0.29) is 6.42 Å². The van der Waals surface area contributed by atoms with Gasteiger partial charge in [0.15, 0.2) is 0 Å². The van der Waals surface area contributed by atoms with E-state index in [4.69, 9.17) is 9.47 Å². The fraction of sp³-hybridized carbons (Fsp3) is 0.529. The Morgan fingerprint density at radius 2 is 1.83 bits per heavy atom. The minimum Gasteiger partial charge on any atom is -0.480 e. The average Bonchev–Trinajstić information content (AvgIpc) is 2.43. The highest BCUT2D eigenvalue weighted by molar-refractivity contribution is 5.80. The number of alkyl carbamates (subject to hydrolysis) is 1. The van der Waals surface area contributed by atoms with Crippen molar-refractivity contribution in [3.8, 4) is 0 Å². The predicted octanol–water partition coefficient (Wildman–Crippen LogP) is 2.74. The summed E-state index contributed by atoms with van der Waals surface area (Å²) < 4.78 is 10.5. The predicted molar refractivity (Wildman–Crippen MR) is 86.3 cm³/mol. The molecule has 0 aromatic heterocycles. The molecule has 2 N–H and O–H groups in total. The molecule has 1 amide bonds. The minimum atomic E-state index is -1.11. The number of ether oxygens (including phenoxy) is 2. The number of carbonyl (C=O) groups is 2. The van der Waals surface area contributed by atoms with Crippen LogP contribution in [0.5, 0.6) is 0 Å². The highest BCUT2D eigenvalue weighted by Crippen LogP contribution is 2.14. The zero-order chi connectivity index (χ0) is 17.5. The number of carbonyl (C=O) groups excluding carboxylic acids is 1. The van der Waals surface area contributed by atoms with Crippen LogP contribution >= 0.6 is 0 Å². The standard InChI is InChI=1S/C17H25NO5/c1-5-22-11-13-9-7-6-8-12(13)10-14(15(19)20)18-16(21)23-17(2,3)4/h6-9,14H,5,10-11H2,1-4H3,(H,18,21)(H,19,20)/t14-/m1/s1. The van der Waals surface area contributed by atoms with Gasteiger partial charge < -0.3 is 19.9 Å². The summed E-state index contributed by atoms with van der Waals surface area (Å²) in [5, 5.41) is 11.8. The van der Waals surface area contributed by atoms with Crippen LogP contribution in [0.2, 0.25) is 0 Å². The Hall–Kier alpha value is -2.08. The lowest BCUT2D eigenvalue weighted by Crippen LogP contribution is -2.44. The van der Waals surface area contributed by atoms with Crippen molar-refractivity contribution in [2.24, 2.45) is 0 Å². The Morgan fingerprint density at radius 3 is 2.35 bits per heavy atom. The van der Waals surface area contributed by atoms with E-state index in [2.05, 4.69) is 5.32 Å². The summed E-state index contributed by atoms with van der Waals surface area (Å²) in [7, 11) is 0. The van der Waals surface area contributed by atoms with Gasteiger partial charge in [-0.3, -0.25) is 0 Å². The van der Waals surface area contributed by atoms with Crippen LogP contribution in [-0.2, 0) is 27.3 Å². The van der Waals surface area contributed by atoms with Crippen LogP contribution in [0.25, 0.3) is 0 Å². The lowest BCUT2D eigenvalue weighted by atomic mass is 10.0. The van der Waals surface area contributed by atoms with Crippen molar-refractivity contribution in [1.82, 2.24) is 5.32 Å². The quantitative estimate of drug-likeness (QED) is 0.806. The summed E-state index contributed by atoms with van der Waals surface area (Å²) >= 11 is 0. The van der Waals surface area contributed by atoms with Gasteiger partial charge in [0, 0.05) is 13.0 Å². The first-order chi connectivity index (χ1) is 10.7. The fourth-order valence-electron chi connectivity index (χ4n) is 1.98. The molecular weight excluding hydrogens is 298 g/mol. The second-order valence-corrected chi connectivity index (χ2v) is 6.15. The molecule has 1 aromatic rings. The molecule has 0 aliphatic carbocycles. The van der Waals surface area contributed by atoms with Crippen molar-refractivity contribution in [2.45, 2.75) is 52.4 Å². The first-order valence-corrected chi connectivity index (χ1v) is 7.59. The molecule has 0 fully saturated rings. The van der Waals surface area contributed by atoms with Gasteiger partial charge in [0.1, 0.15) is 11.6 Å². The summed E-state index contributed by atoms with van der Waals surface area (Å²) in [5.41, 5.74) is 1.05. The number of carboxylic acids is 1. The van der Waals surface area contributed by atoms with Gasteiger partial charge in [0.05, 0.1) is 6.61 Å². The van der Waals surface area contributed by atoms with Gasteiger partial charge in [-0.25, -0.2) is 9.59 Å². The largest absolute Gasteiger partial charge is 0.480 e. The molecule has 1 aromatic carbocycles. The number of aliphatic carboxylic acids is 1. The molecule has 0 unspecified atom stereocenters. The lowest BCUT2D eigenvalue weighted by Gasteiger charge is -2.22. The van der Waals surface area contributed by atoms with Crippen LogP contribution < -0.4 is 5.32 Å². The third kappa shape index (κ3) is 7.15. The lowest BCUT2D eigenvalue weighted by molar-refractivity contribution is -0.139. The van der Waals surface area contributed by atoms with E-state index in [0.29, 0.717) is 13.2 Å². The smallest absolute Gasteiger partial charge is 0.408 e. The molecule has 0 aliphatic rings. The van der Waals surface area contributed by atoms with Crippen LogP contribution in [0.1, 0.15) is 38.8 Å². The normalized spacial score (nSPS) is 12.5. The third-order valence-electron chi connectivity index (χ3n) is 2.99. The van der Waals surface area contributed by atoms with Crippen molar-refractivity contribution < 1.29 is 24.2 Å². The Labute approximate surface area is 136 Å². The number of benzene rings is 1. The zero-order valence-electron chi connectivity index (χ0n) is 14.1. The fourth-order valence-corrected chi connectivity index (χ4v) is 1.98. The van der Waals surface area contributed by atoms with Crippen molar-refractivity contribution in [2.75, 3.05) is 6.61 Å². The second kappa shape index (κ2) is 8.53. The van der Waals surface area contributed by atoms with Crippen LogP contribution in [0.15, 0.2) is 24.3 Å². The van der Waals surface area contributed by atoms with Gasteiger partial charge in [-0.15, -0.1) is 0 Å². The topological polar surface area (TPSA) is 84.9 Å². The summed E-state index contributed by atoms with van der Waals surface area (Å²) in [5.74, 6) is -1.11. The van der Waals surface area contributed by atoms with Crippen LogP contribution in [0, 0.1) is 0 Å². The van der Waals surface area contributed by atoms with Gasteiger partial charge in [-0.05, 0) is 38.8 Å². The molecular formula is C17H25NO5. The molecule has 0 spiro atoms. The van der Waals surface area contributed by atoms with Crippen LogP contribution in [-0.4, -0.2) is 35.4 Å². The Kier molecular flexibility index (Phi) is 7.03. The van der Waals surface area contributed by atoms with Gasteiger partial charge in [0.2, 0.25) is 0 Å². The summed E-state index contributed by atoms with van der Waals surface area (Å²) in [6.07, 6.45) is -0.579. The molecule has 128 valence electrons. The van der Waals surface area contributed by atoms with Gasteiger partial charge in [-0.1, -0.05) is 24.3 Å². The van der Waals surface area contributed by atoms with Crippen molar-refractivity contribution >= 4 is 12.1 Å². The van der Waals surface area contributed by atoms with Crippen LogP contribution in [0.3, 0.4) is 0 Å². The monoisotopic (exact) mass is 323 g/mol. The second-order valence-electron chi connectivity index (χ2n) is 6.15. The molecule has 6 heteroatoms. The van der Waals surface area contributed by atoms with Gasteiger partial charge in [0.25, 0.3) is 0 Å². The van der Waals surface area contributed by atoms with E-state index in [1.54, 1.807) is 20.8 Å². The number of nitrogens with one attached hydrogen (secondary N) is 1. The number of rotatable bonds is 7. The highest BCUT2D eigenvalue weighted by atomic mass is 16.6. The van der Waals surface area contributed by atoms with Crippen molar-refractivity contribution in [3.63, 3.8) is 0 Å². The molecule has 0 heterocycles. The van der Waals surface area contributed by atoms with Crippen molar-refractivity contribution in [3.05, 3.63) is 35.4 Å². The maximum absolute atomic E-state index is 11.8. The van der Waals surface area contributed by atoms with E-state index in [0.717, 1.165) is 11.1 Å². The molecule has 0 bridgehead atoms. The number of carboxylic acid groups (broad SMARTS) is 1. The molecule has 6 nitrogen and oxygen atoms in total. The van der Waals surface area contributed by atoms with E-state index < -0.39 is 23.7 Å². The molecule has 23 heavy (non-hydrogen) atoms. The maximum atomic E-state index is 11.8. The van der Waals surface area contributed by atoms with E-state index in [1.165, 1.54) is 0 Å². The first kappa shape index (κ1) is 19.0. The Balaban J connectivity index is 2.80. The van der Waals surface area contributed by atoms with Gasteiger partial charge >= 0.3 is 12.1 Å². The first-order valence-electron chi connectivity index (χ1n) is 7.59. The molecule has 0 saturated carbocycles. The number of hydrogen-bond acceptors (Lipinski definition) is 4. The molecule has 1 atom stereocenters. The minimum absolute atomic E-state index is 0.165. The Bertz CT molecular complexity index is 536. The Morgan fingerprint density at radius 1 is 1.22 bits per heavy atom. The summed E-state index contributed by atoms with van der Waals surface area (Å²) in [4.78, 5) is 23.2. The zero-order valence-corrected chi connectivity index (χ0v) is 14.1.